The maximum atomic E-state index is 13.9. The third-order valence-corrected chi connectivity index (χ3v) is 5.26. The van der Waals surface area contributed by atoms with Crippen LogP contribution in [-0.4, -0.2) is 27.7 Å². The number of alkyl halides is 2. The molecule has 0 saturated carbocycles. The van der Waals surface area contributed by atoms with Crippen LogP contribution >= 0.6 is 0 Å². The van der Waals surface area contributed by atoms with Crippen molar-refractivity contribution in [2.45, 2.75) is 31.9 Å². The lowest BCUT2D eigenvalue weighted by atomic mass is 10.0. The minimum Gasteiger partial charge on any atom is -0.484 e. The molecule has 0 bridgehead atoms. The minimum absolute atomic E-state index is 0.360. The number of nitrogens with one attached hydrogen (secondary N) is 1. The van der Waals surface area contributed by atoms with Crippen molar-refractivity contribution in [3.63, 3.8) is 0 Å². The van der Waals surface area contributed by atoms with E-state index in [1.54, 1.807) is 47.3 Å². The Hall–Kier alpha value is -3.88. The van der Waals surface area contributed by atoms with Crippen molar-refractivity contribution in [1.82, 2.24) is 15.1 Å². The number of nitrogens with zero attached hydrogens (tertiary/aromatic N) is 2. The van der Waals surface area contributed by atoms with Crippen LogP contribution in [0.4, 0.5) is 17.6 Å². The molecule has 5 nitrogen and oxygen atoms in total. The second kappa shape index (κ2) is 9.17. The summed E-state index contributed by atoms with van der Waals surface area (Å²) < 4.78 is 61.7. The number of hydrogen-bond acceptors (Lipinski definition) is 3. The number of ether oxygens (including phenoxy) is 1. The number of benzene rings is 3. The summed E-state index contributed by atoms with van der Waals surface area (Å²) in [6, 6.07) is 15.6. The average Bonchev–Trinajstić information content (AvgIpc) is 3.20. The largest absolute Gasteiger partial charge is 0.484 e. The summed E-state index contributed by atoms with van der Waals surface area (Å²) in [5.41, 5.74) is 1.77. The number of amides is 1. The lowest BCUT2D eigenvalue weighted by Crippen LogP contribution is -2.46. The maximum absolute atomic E-state index is 13.9. The fourth-order valence-electron chi connectivity index (χ4n) is 3.57. The van der Waals surface area contributed by atoms with Crippen LogP contribution in [0.25, 0.3) is 16.6 Å². The number of fused-ring (bicyclic) bond motifs is 1. The average molecular weight is 471 g/mol. The summed E-state index contributed by atoms with van der Waals surface area (Å²) in [5.74, 6) is -5.55. The Balaban J connectivity index is 1.64. The molecule has 176 valence electrons. The number of hydrogen-bond donors (Lipinski definition) is 1. The van der Waals surface area contributed by atoms with Gasteiger partial charge < -0.3 is 10.1 Å². The third-order valence-electron chi connectivity index (χ3n) is 5.26. The van der Waals surface area contributed by atoms with Crippen LogP contribution in [0.15, 0.2) is 72.9 Å². The Labute approximate surface area is 193 Å². The Kier molecular flexibility index (Phi) is 6.28. The normalized spacial score (nSPS) is 13.5. The van der Waals surface area contributed by atoms with Gasteiger partial charge in [0.25, 0.3) is 5.91 Å². The van der Waals surface area contributed by atoms with Gasteiger partial charge in [-0.1, -0.05) is 12.1 Å². The monoisotopic (exact) mass is 471 g/mol. The van der Waals surface area contributed by atoms with Gasteiger partial charge in [0.1, 0.15) is 23.5 Å². The van der Waals surface area contributed by atoms with Crippen molar-refractivity contribution in [3.8, 4) is 11.4 Å². The topological polar surface area (TPSA) is 56.1 Å². The molecule has 2 atom stereocenters. The molecule has 0 aliphatic heterocycles. The molecule has 4 aromatic rings. The fourth-order valence-corrected chi connectivity index (χ4v) is 3.57. The smallest absolute Gasteiger partial charge is 0.321 e. The molecule has 0 radical (unpaired) electrons. The first kappa shape index (κ1) is 23.3. The molecule has 0 aliphatic carbocycles. The predicted octanol–water partition coefficient (Wildman–Crippen LogP) is 5.58. The highest BCUT2D eigenvalue weighted by atomic mass is 19.3. The summed E-state index contributed by atoms with van der Waals surface area (Å²) in [6.07, 6.45) is 0.651. The number of carbonyl (C=O) groups is 1. The summed E-state index contributed by atoms with van der Waals surface area (Å²) in [6.45, 7) is 2.00. The van der Waals surface area contributed by atoms with Crippen LogP contribution in [-0.2, 0) is 4.79 Å². The number of halogens is 4. The Morgan fingerprint density at radius 3 is 2.44 bits per heavy atom. The molecule has 0 unspecified atom stereocenters. The molecule has 4 rings (SSSR count). The number of carbonyl (C=O) groups excluding carboxylic acids is 1. The lowest BCUT2D eigenvalue weighted by molar-refractivity contribution is -0.144. The summed E-state index contributed by atoms with van der Waals surface area (Å²) in [5, 5.41) is 7.28. The molecular formula is C25H21F4N3O2. The first-order valence-electron chi connectivity index (χ1n) is 10.5. The van der Waals surface area contributed by atoms with Crippen LogP contribution in [0.3, 0.4) is 0 Å². The van der Waals surface area contributed by atoms with Crippen molar-refractivity contribution < 1.29 is 27.1 Å². The van der Waals surface area contributed by atoms with E-state index in [0.29, 0.717) is 29.3 Å². The number of aromatic nitrogens is 2. The van der Waals surface area contributed by atoms with Crippen molar-refractivity contribution >= 4 is 16.8 Å². The summed E-state index contributed by atoms with van der Waals surface area (Å²) >= 11 is 0. The van der Waals surface area contributed by atoms with Crippen molar-refractivity contribution in [1.29, 1.82) is 0 Å². The van der Waals surface area contributed by atoms with Gasteiger partial charge in [-0.15, -0.1) is 0 Å². The summed E-state index contributed by atoms with van der Waals surface area (Å²) in [7, 11) is 0. The van der Waals surface area contributed by atoms with Gasteiger partial charge in [0.15, 0.2) is 0 Å². The second-order valence-electron chi connectivity index (χ2n) is 8.00. The van der Waals surface area contributed by atoms with Gasteiger partial charge in [0, 0.05) is 12.3 Å². The molecule has 0 fully saturated rings. The zero-order valence-corrected chi connectivity index (χ0v) is 18.3. The van der Waals surface area contributed by atoms with Crippen LogP contribution in [0.1, 0.15) is 25.5 Å². The van der Waals surface area contributed by atoms with Gasteiger partial charge in [-0.25, -0.2) is 13.5 Å². The molecule has 0 saturated heterocycles. The molecule has 0 aliphatic rings. The second-order valence-corrected chi connectivity index (χ2v) is 8.00. The number of rotatable bonds is 7. The van der Waals surface area contributed by atoms with Gasteiger partial charge in [0.05, 0.1) is 23.4 Å². The van der Waals surface area contributed by atoms with E-state index in [-0.39, 0.29) is 5.82 Å². The van der Waals surface area contributed by atoms with Gasteiger partial charge >= 0.3 is 5.92 Å². The van der Waals surface area contributed by atoms with E-state index in [9.17, 15) is 22.4 Å². The van der Waals surface area contributed by atoms with Gasteiger partial charge in [0.2, 0.25) is 0 Å². The third kappa shape index (κ3) is 5.03. The molecule has 1 aromatic heterocycles. The highest BCUT2D eigenvalue weighted by Crippen LogP contribution is 2.29. The Bertz CT molecular complexity index is 1320. The first-order chi connectivity index (χ1) is 16.1. The van der Waals surface area contributed by atoms with Crippen molar-refractivity contribution in [2.75, 3.05) is 0 Å². The van der Waals surface area contributed by atoms with E-state index >= 15 is 0 Å². The molecule has 0 spiro atoms. The van der Waals surface area contributed by atoms with Gasteiger partial charge in [-0.05, 0) is 67.1 Å². The van der Waals surface area contributed by atoms with Crippen LogP contribution in [0.5, 0.6) is 5.75 Å². The van der Waals surface area contributed by atoms with Gasteiger partial charge in [-0.3, -0.25) is 4.79 Å². The predicted molar refractivity (Wildman–Crippen MR) is 119 cm³/mol. The highest BCUT2D eigenvalue weighted by molar-refractivity contribution is 5.83. The quantitative estimate of drug-likeness (QED) is 0.358. The van der Waals surface area contributed by atoms with E-state index in [4.69, 9.17) is 4.74 Å². The van der Waals surface area contributed by atoms with Crippen LogP contribution in [0, 0.1) is 11.6 Å². The zero-order valence-electron chi connectivity index (χ0n) is 18.3. The molecule has 1 N–H and O–H groups in total. The Morgan fingerprint density at radius 2 is 1.76 bits per heavy atom. The first-order valence-corrected chi connectivity index (χ1v) is 10.5. The fraction of sp³-hybridized carbons (Fsp3) is 0.200. The van der Waals surface area contributed by atoms with E-state index in [2.05, 4.69) is 10.4 Å². The van der Waals surface area contributed by atoms with Crippen molar-refractivity contribution in [3.05, 3.63) is 90.1 Å². The van der Waals surface area contributed by atoms with Gasteiger partial charge in [-0.2, -0.15) is 13.9 Å². The molecule has 1 heterocycles. The maximum Gasteiger partial charge on any atom is 0.321 e. The highest BCUT2D eigenvalue weighted by Gasteiger charge is 2.35. The molecule has 34 heavy (non-hydrogen) atoms. The lowest BCUT2D eigenvalue weighted by Gasteiger charge is -2.27. The van der Waals surface area contributed by atoms with E-state index in [1.165, 1.54) is 37.3 Å². The van der Waals surface area contributed by atoms with E-state index in [1.807, 2.05) is 0 Å². The molecule has 1 amide bonds. The van der Waals surface area contributed by atoms with Crippen LogP contribution in [0.2, 0.25) is 0 Å². The van der Waals surface area contributed by atoms with Crippen LogP contribution < -0.4 is 10.1 Å². The molecule has 3 aromatic carbocycles. The Morgan fingerprint density at radius 1 is 1.03 bits per heavy atom. The molecule has 9 heteroatoms. The SMILES string of the molecule is C[C@H](NC(=O)C(C)(F)F)[C@@H](Oc1ccc2c(cnn2-c2ccc(F)cc2)c1)c1cccc(F)c1. The van der Waals surface area contributed by atoms with Crippen molar-refractivity contribution in [2.24, 2.45) is 0 Å². The zero-order chi connectivity index (χ0) is 24.5. The standard InChI is InChI=1S/C25H21F4N3O2/c1-15(31-24(33)25(2,28)29)23(16-4-3-5-19(27)12-16)34-21-10-11-22-17(13-21)14-30-32(22)20-8-6-18(26)7-9-20/h3-15,23H,1-2H3,(H,31,33)/t15-,23+/m0/s1. The van der Waals surface area contributed by atoms with E-state index < -0.39 is 29.8 Å². The van der Waals surface area contributed by atoms with E-state index in [0.717, 1.165) is 5.52 Å². The minimum atomic E-state index is -3.57. The molecular weight excluding hydrogens is 450 g/mol. The summed E-state index contributed by atoms with van der Waals surface area (Å²) in [4.78, 5) is 11.8.